The largest absolute Gasteiger partial charge is 0.508 e. The number of para-hydroxylation sites is 1. The number of anilines is 1. The van der Waals surface area contributed by atoms with Crippen LogP contribution in [0, 0.1) is 0 Å². The second-order valence-corrected chi connectivity index (χ2v) is 5.05. The Balaban J connectivity index is 2.12. The lowest BCUT2D eigenvalue weighted by molar-refractivity contribution is 0.403. The van der Waals surface area contributed by atoms with Crippen molar-refractivity contribution >= 4 is 5.69 Å². The zero-order chi connectivity index (χ0) is 15.2. The van der Waals surface area contributed by atoms with E-state index in [2.05, 4.69) is 11.8 Å². The van der Waals surface area contributed by atoms with E-state index in [-0.39, 0.29) is 17.2 Å². The second kappa shape index (κ2) is 6.88. The SMILES string of the molecule is CCCN(CCc1ccc(O)cc1)c1cccc(O)c1O. The molecule has 0 aliphatic heterocycles. The van der Waals surface area contributed by atoms with Gasteiger partial charge in [0.1, 0.15) is 5.75 Å². The van der Waals surface area contributed by atoms with Crippen LogP contribution in [0.4, 0.5) is 5.69 Å². The van der Waals surface area contributed by atoms with Crippen LogP contribution in [0.5, 0.6) is 17.2 Å². The van der Waals surface area contributed by atoms with Crippen molar-refractivity contribution in [2.75, 3.05) is 18.0 Å². The molecule has 0 aliphatic rings. The van der Waals surface area contributed by atoms with Crippen LogP contribution in [0.15, 0.2) is 42.5 Å². The molecule has 0 heterocycles. The third-order valence-electron chi connectivity index (χ3n) is 3.43. The molecule has 2 rings (SSSR count). The van der Waals surface area contributed by atoms with E-state index in [9.17, 15) is 15.3 Å². The van der Waals surface area contributed by atoms with E-state index in [1.165, 1.54) is 6.07 Å². The van der Waals surface area contributed by atoms with Crippen LogP contribution >= 0.6 is 0 Å². The molecule has 0 atom stereocenters. The number of benzene rings is 2. The molecule has 3 N–H and O–H groups in total. The predicted molar refractivity (Wildman–Crippen MR) is 84.1 cm³/mol. The smallest absolute Gasteiger partial charge is 0.181 e. The zero-order valence-corrected chi connectivity index (χ0v) is 12.2. The monoisotopic (exact) mass is 287 g/mol. The van der Waals surface area contributed by atoms with Gasteiger partial charge in [0.15, 0.2) is 11.5 Å². The summed E-state index contributed by atoms with van der Waals surface area (Å²) in [6.07, 6.45) is 1.75. The summed E-state index contributed by atoms with van der Waals surface area (Å²) in [4.78, 5) is 2.06. The molecule has 112 valence electrons. The summed E-state index contributed by atoms with van der Waals surface area (Å²) in [5, 5.41) is 28.9. The molecule has 0 fully saturated rings. The highest BCUT2D eigenvalue weighted by Gasteiger charge is 2.13. The molecule has 4 heteroatoms. The molecular weight excluding hydrogens is 266 g/mol. The number of phenols is 3. The highest BCUT2D eigenvalue weighted by molar-refractivity contribution is 5.63. The number of nitrogens with zero attached hydrogens (tertiary/aromatic N) is 1. The number of aromatic hydroxyl groups is 3. The first kappa shape index (κ1) is 15.0. The number of hydrogen-bond acceptors (Lipinski definition) is 4. The van der Waals surface area contributed by atoms with Crippen LogP contribution < -0.4 is 4.90 Å². The van der Waals surface area contributed by atoms with Gasteiger partial charge in [0.2, 0.25) is 0 Å². The average Bonchev–Trinajstić information content (AvgIpc) is 2.48. The Morgan fingerprint density at radius 3 is 2.29 bits per heavy atom. The van der Waals surface area contributed by atoms with E-state index < -0.39 is 0 Å². The Bertz CT molecular complexity index is 581. The third-order valence-corrected chi connectivity index (χ3v) is 3.43. The first-order chi connectivity index (χ1) is 10.1. The van der Waals surface area contributed by atoms with Gasteiger partial charge in [0.05, 0.1) is 5.69 Å². The fraction of sp³-hybridized carbons (Fsp3) is 0.294. The van der Waals surface area contributed by atoms with E-state index in [4.69, 9.17) is 0 Å². The molecular formula is C17H21NO3. The summed E-state index contributed by atoms with van der Waals surface area (Å²) in [5.74, 6) is 0.0877. The fourth-order valence-electron chi connectivity index (χ4n) is 2.32. The van der Waals surface area contributed by atoms with Crippen LogP contribution in [0.2, 0.25) is 0 Å². The number of hydrogen-bond donors (Lipinski definition) is 3. The highest BCUT2D eigenvalue weighted by Crippen LogP contribution is 2.35. The van der Waals surface area contributed by atoms with Gasteiger partial charge >= 0.3 is 0 Å². The van der Waals surface area contributed by atoms with Gasteiger partial charge in [-0.1, -0.05) is 25.1 Å². The number of phenolic OH excluding ortho intramolecular Hbond substituents is 3. The summed E-state index contributed by atoms with van der Waals surface area (Å²) in [6.45, 7) is 3.61. The lowest BCUT2D eigenvalue weighted by Gasteiger charge is -2.25. The molecule has 0 bridgehead atoms. The summed E-state index contributed by atoms with van der Waals surface area (Å²) < 4.78 is 0. The van der Waals surface area contributed by atoms with Crippen molar-refractivity contribution in [1.82, 2.24) is 0 Å². The minimum Gasteiger partial charge on any atom is -0.508 e. The lowest BCUT2D eigenvalue weighted by Crippen LogP contribution is -2.26. The Morgan fingerprint density at radius 1 is 0.905 bits per heavy atom. The van der Waals surface area contributed by atoms with Gasteiger partial charge in [-0.2, -0.15) is 0 Å². The summed E-state index contributed by atoms with van der Waals surface area (Å²) in [7, 11) is 0. The quantitative estimate of drug-likeness (QED) is 0.714. The molecule has 0 aromatic heterocycles. The molecule has 0 radical (unpaired) electrons. The van der Waals surface area contributed by atoms with E-state index in [0.717, 1.165) is 31.5 Å². The molecule has 0 spiro atoms. The Labute approximate surface area is 124 Å². The Hall–Kier alpha value is -2.36. The molecule has 0 unspecified atom stereocenters. The van der Waals surface area contributed by atoms with Gasteiger partial charge in [-0.3, -0.25) is 0 Å². The van der Waals surface area contributed by atoms with E-state index in [1.54, 1.807) is 18.2 Å². The van der Waals surface area contributed by atoms with Gasteiger partial charge in [0, 0.05) is 13.1 Å². The van der Waals surface area contributed by atoms with Gasteiger partial charge < -0.3 is 20.2 Å². The van der Waals surface area contributed by atoms with Gasteiger partial charge in [-0.15, -0.1) is 0 Å². The van der Waals surface area contributed by atoms with Crippen molar-refractivity contribution in [1.29, 1.82) is 0 Å². The molecule has 0 saturated carbocycles. The average molecular weight is 287 g/mol. The first-order valence-corrected chi connectivity index (χ1v) is 7.15. The topological polar surface area (TPSA) is 63.9 Å². The standard InChI is InChI=1S/C17H21NO3/c1-2-11-18(15-4-3-5-16(20)17(15)21)12-10-13-6-8-14(19)9-7-13/h3-9,19-21H,2,10-12H2,1H3. The zero-order valence-electron chi connectivity index (χ0n) is 12.2. The van der Waals surface area contributed by atoms with Gasteiger partial charge in [-0.25, -0.2) is 0 Å². The van der Waals surface area contributed by atoms with Crippen molar-refractivity contribution in [3.8, 4) is 17.2 Å². The van der Waals surface area contributed by atoms with Crippen LogP contribution in [0.3, 0.4) is 0 Å². The van der Waals surface area contributed by atoms with Crippen LogP contribution in [0.1, 0.15) is 18.9 Å². The molecule has 21 heavy (non-hydrogen) atoms. The lowest BCUT2D eigenvalue weighted by atomic mass is 10.1. The molecule has 4 nitrogen and oxygen atoms in total. The van der Waals surface area contributed by atoms with Gasteiger partial charge in [-0.05, 0) is 42.7 Å². The third kappa shape index (κ3) is 3.81. The fourth-order valence-corrected chi connectivity index (χ4v) is 2.32. The maximum absolute atomic E-state index is 10.0. The van der Waals surface area contributed by atoms with Crippen LogP contribution in [0.25, 0.3) is 0 Å². The Kier molecular flexibility index (Phi) is 4.93. The van der Waals surface area contributed by atoms with E-state index in [1.807, 2.05) is 18.2 Å². The van der Waals surface area contributed by atoms with Gasteiger partial charge in [0.25, 0.3) is 0 Å². The minimum absolute atomic E-state index is 0.0725. The minimum atomic E-state index is -0.0989. The summed E-state index contributed by atoms with van der Waals surface area (Å²) in [6, 6.07) is 12.1. The van der Waals surface area contributed by atoms with Crippen LogP contribution in [-0.4, -0.2) is 28.4 Å². The second-order valence-electron chi connectivity index (χ2n) is 5.05. The Morgan fingerprint density at radius 2 is 1.62 bits per heavy atom. The van der Waals surface area contributed by atoms with Crippen molar-refractivity contribution in [3.63, 3.8) is 0 Å². The van der Waals surface area contributed by atoms with E-state index in [0.29, 0.717) is 5.69 Å². The van der Waals surface area contributed by atoms with Crippen molar-refractivity contribution in [2.24, 2.45) is 0 Å². The first-order valence-electron chi connectivity index (χ1n) is 7.15. The molecule has 0 saturated heterocycles. The number of rotatable bonds is 6. The highest BCUT2D eigenvalue weighted by atomic mass is 16.3. The van der Waals surface area contributed by atoms with Crippen molar-refractivity contribution in [2.45, 2.75) is 19.8 Å². The normalized spacial score (nSPS) is 10.5. The molecule has 2 aromatic carbocycles. The van der Waals surface area contributed by atoms with Crippen molar-refractivity contribution < 1.29 is 15.3 Å². The molecule has 2 aromatic rings. The molecule has 0 aliphatic carbocycles. The summed E-state index contributed by atoms with van der Waals surface area (Å²) in [5.41, 5.74) is 1.77. The maximum Gasteiger partial charge on any atom is 0.181 e. The van der Waals surface area contributed by atoms with Crippen LogP contribution in [-0.2, 0) is 6.42 Å². The molecule has 0 amide bonds. The maximum atomic E-state index is 10.0. The summed E-state index contributed by atoms with van der Waals surface area (Å²) >= 11 is 0. The van der Waals surface area contributed by atoms with E-state index >= 15 is 0 Å². The van der Waals surface area contributed by atoms with Crippen molar-refractivity contribution in [3.05, 3.63) is 48.0 Å². The predicted octanol–water partition coefficient (Wildman–Crippen LogP) is 3.26.